The van der Waals surface area contributed by atoms with Gasteiger partial charge in [-0.1, -0.05) is 4.49 Å². The van der Waals surface area contributed by atoms with Crippen LogP contribution >= 0.6 is 11.5 Å². The van der Waals surface area contributed by atoms with E-state index in [0.717, 1.165) is 11.5 Å². The molecule has 9 nitrogen and oxygen atoms in total. The van der Waals surface area contributed by atoms with E-state index in [1.807, 2.05) is 0 Å². The molecule has 1 rings (SSSR count). The van der Waals surface area contributed by atoms with Crippen molar-refractivity contribution in [1.82, 2.24) is 25.2 Å². The molecule has 0 saturated heterocycles. The highest BCUT2D eigenvalue weighted by atomic mass is 32.2. The average molecular weight is 363 g/mol. The van der Waals surface area contributed by atoms with Crippen LogP contribution in [-0.4, -0.2) is 41.6 Å². The second kappa shape index (κ2) is 8.89. The van der Waals surface area contributed by atoms with Crippen molar-refractivity contribution in [3.05, 3.63) is 10.6 Å². The van der Waals surface area contributed by atoms with Crippen molar-refractivity contribution in [3.8, 4) is 0 Å². The largest absolute Gasteiger partial charge is 0.283 e. The molecule has 3 N–H and O–H groups in total. The van der Waals surface area contributed by atoms with Crippen LogP contribution in [0.2, 0.25) is 0 Å². The number of aromatic nitrogens is 2. The van der Waals surface area contributed by atoms with Gasteiger partial charge in [-0.3, -0.25) is 20.4 Å². The van der Waals surface area contributed by atoms with E-state index in [1.54, 1.807) is 20.8 Å². The Hall–Kier alpha value is -1.59. The number of hydrogen-bond acceptors (Lipinski definition) is 7. The van der Waals surface area contributed by atoms with Gasteiger partial charge >= 0.3 is 0 Å². The van der Waals surface area contributed by atoms with Crippen LogP contribution in [0.1, 0.15) is 48.5 Å². The summed E-state index contributed by atoms with van der Waals surface area (Å²) in [6, 6.07) is 0. The number of amides is 2. The van der Waals surface area contributed by atoms with Gasteiger partial charge in [0.2, 0.25) is 15.9 Å². The van der Waals surface area contributed by atoms with Gasteiger partial charge in [0, 0.05) is 13.0 Å². The predicted molar refractivity (Wildman–Crippen MR) is 86.2 cm³/mol. The molecule has 0 atom stereocenters. The van der Waals surface area contributed by atoms with Crippen molar-refractivity contribution >= 4 is 33.4 Å². The lowest BCUT2D eigenvalue weighted by molar-refractivity contribution is -0.121. The van der Waals surface area contributed by atoms with Gasteiger partial charge < -0.3 is 0 Å². The molecule has 130 valence electrons. The third kappa shape index (κ3) is 6.59. The Kier molecular flexibility index (Phi) is 7.52. The summed E-state index contributed by atoms with van der Waals surface area (Å²) in [6.45, 7) is 5.13. The summed E-state index contributed by atoms with van der Waals surface area (Å²) in [5.74, 6) is -0.810. The number of hydrogen-bond donors (Lipinski definition) is 3. The highest BCUT2D eigenvalue weighted by molar-refractivity contribution is 7.90. The fourth-order valence-electron chi connectivity index (χ4n) is 1.48. The Labute approximate surface area is 139 Å². The standard InChI is InChI=1S/C12H21N5O4S2/c1-8(2)23(20,21)13-7-5-4-6-10(18)15-16-12(19)11-9(3)14-17-22-11/h8,13H,4-7H2,1-3H3,(H,15,18)(H,16,19). The van der Waals surface area contributed by atoms with Crippen LogP contribution in [0.15, 0.2) is 0 Å². The zero-order valence-electron chi connectivity index (χ0n) is 13.2. The predicted octanol–water partition coefficient (Wildman–Crippen LogP) is 0.106. The summed E-state index contributed by atoms with van der Waals surface area (Å²) < 4.78 is 29.1. The number of nitrogens with one attached hydrogen (secondary N) is 3. The first kappa shape index (κ1) is 19.5. The molecule has 23 heavy (non-hydrogen) atoms. The molecule has 0 unspecified atom stereocenters. The van der Waals surface area contributed by atoms with Crippen molar-refractivity contribution in [2.45, 2.75) is 45.3 Å². The minimum absolute atomic E-state index is 0.184. The highest BCUT2D eigenvalue weighted by Crippen LogP contribution is 2.07. The molecule has 1 heterocycles. The fourth-order valence-corrected chi connectivity index (χ4v) is 2.79. The number of rotatable bonds is 8. The van der Waals surface area contributed by atoms with Crippen molar-refractivity contribution in [2.24, 2.45) is 0 Å². The van der Waals surface area contributed by atoms with Gasteiger partial charge in [-0.2, -0.15) is 0 Å². The molecule has 0 aliphatic carbocycles. The van der Waals surface area contributed by atoms with E-state index in [-0.39, 0.29) is 18.9 Å². The number of unbranched alkanes of at least 4 members (excludes halogenated alkanes) is 1. The van der Waals surface area contributed by atoms with E-state index < -0.39 is 21.2 Å². The Morgan fingerprint density at radius 3 is 2.48 bits per heavy atom. The quantitative estimate of drug-likeness (QED) is 0.444. The average Bonchev–Trinajstić information content (AvgIpc) is 2.90. The van der Waals surface area contributed by atoms with Crippen molar-refractivity contribution < 1.29 is 18.0 Å². The molecular formula is C12H21N5O4S2. The van der Waals surface area contributed by atoms with E-state index >= 15 is 0 Å². The number of carbonyl (C=O) groups excluding carboxylic acids is 2. The Balaban J connectivity index is 2.18. The normalized spacial score (nSPS) is 11.5. The zero-order valence-corrected chi connectivity index (χ0v) is 14.9. The van der Waals surface area contributed by atoms with Crippen LogP contribution in [0.25, 0.3) is 0 Å². The molecule has 11 heteroatoms. The maximum atomic E-state index is 11.7. The molecule has 0 fully saturated rings. The Morgan fingerprint density at radius 1 is 1.22 bits per heavy atom. The van der Waals surface area contributed by atoms with Crippen molar-refractivity contribution in [3.63, 3.8) is 0 Å². The summed E-state index contributed by atoms with van der Waals surface area (Å²) in [6.07, 6.45) is 1.22. The topological polar surface area (TPSA) is 130 Å². The van der Waals surface area contributed by atoms with Crippen molar-refractivity contribution in [2.75, 3.05) is 6.54 Å². The Morgan fingerprint density at radius 2 is 1.91 bits per heavy atom. The van der Waals surface area contributed by atoms with E-state index in [4.69, 9.17) is 0 Å². The number of hydrazine groups is 1. The maximum absolute atomic E-state index is 11.7. The third-order valence-electron chi connectivity index (χ3n) is 2.93. The number of aryl methyl sites for hydroxylation is 1. The van der Waals surface area contributed by atoms with Crippen LogP contribution in [-0.2, 0) is 14.8 Å². The fraction of sp³-hybridized carbons (Fsp3) is 0.667. The van der Waals surface area contributed by atoms with Crippen LogP contribution in [0, 0.1) is 6.92 Å². The van der Waals surface area contributed by atoms with Gasteiger partial charge in [-0.15, -0.1) is 5.10 Å². The van der Waals surface area contributed by atoms with Gasteiger partial charge in [0.15, 0.2) is 0 Å². The molecule has 0 aliphatic heterocycles. The molecule has 0 radical (unpaired) electrons. The minimum Gasteiger partial charge on any atom is -0.273 e. The number of nitrogens with zero attached hydrogens (tertiary/aromatic N) is 2. The first-order chi connectivity index (χ1) is 10.7. The van der Waals surface area contributed by atoms with Crippen molar-refractivity contribution in [1.29, 1.82) is 0 Å². The molecule has 1 aromatic heterocycles. The summed E-state index contributed by atoms with van der Waals surface area (Å²) in [7, 11) is -3.27. The van der Waals surface area contributed by atoms with E-state index in [9.17, 15) is 18.0 Å². The van der Waals surface area contributed by atoms with Crippen LogP contribution < -0.4 is 15.6 Å². The van der Waals surface area contributed by atoms with Gasteiger partial charge in [0.1, 0.15) is 4.88 Å². The third-order valence-corrected chi connectivity index (χ3v) is 5.60. The molecule has 0 spiro atoms. The lowest BCUT2D eigenvalue weighted by atomic mass is 10.2. The zero-order chi connectivity index (χ0) is 17.5. The summed E-state index contributed by atoms with van der Waals surface area (Å²) in [4.78, 5) is 23.6. The molecule has 0 saturated carbocycles. The van der Waals surface area contributed by atoms with Crippen LogP contribution in [0.4, 0.5) is 0 Å². The first-order valence-corrected chi connectivity index (χ1v) is 9.42. The van der Waals surface area contributed by atoms with Gasteiger partial charge in [0.25, 0.3) is 5.91 Å². The minimum atomic E-state index is -3.27. The lowest BCUT2D eigenvalue weighted by Gasteiger charge is -2.09. The number of sulfonamides is 1. The molecule has 0 bridgehead atoms. The van der Waals surface area contributed by atoms with Crippen LogP contribution in [0.5, 0.6) is 0 Å². The number of carbonyl (C=O) groups is 2. The summed E-state index contributed by atoms with van der Waals surface area (Å²) in [5, 5.41) is 3.23. The molecule has 1 aromatic rings. The van der Waals surface area contributed by atoms with Gasteiger partial charge in [-0.25, -0.2) is 13.1 Å². The molecule has 0 aliphatic rings. The maximum Gasteiger partial charge on any atom is 0.283 e. The van der Waals surface area contributed by atoms with Gasteiger partial charge in [-0.05, 0) is 45.1 Å². The SMILES string of the molecule is Cc1nnsc1C(=O)NNC(=O)CCCCNS(=O)(=O)C(C)C. The van der Waals surface area contributed by atoms with Crippen LogP contribution in [0.3, 0.4) is 0 Å². The second-order valence-corrected chi connectivity index (χ2v) is 8.21. The molecule has 2 amide bonds. The van der Waals surface area contributed by atoms with E-state index in [0.29, 0.717) is 23.4 Å². The lowest BCUT2D eigenvalue weighted by Crippen LogP contribution is -2.41. The van der Waals surface area contributed by atoms with Gasteiger partial charge in [0.05, 0.1) is 10.9 Å². The monoisotopic (exact) mass is 363 g/mol. The smallest absolute Gasteiger partial charge is 0.273 e. The summed E-state index contributed by atoms with van der Waals surface area (Å²) >= 11 is 0.949. The first-order valence-electron chi connectivity index (χ1n) is 7.10. The second-order valence-electron chi connectivity index (χ2n) is 5.13. The molecular weight excluding hydrogens is 342 g/mol. The summed E-state index contributed by atoms with van der Waals surface area (Å²) in [5.41, 5.74) is 5.08. The van der Waals surface area contributed by atoms with E-state index in [2.05, 4.69) is 25.2 Å². The highest BCUT2D eigenvalue weighted by Gasteiger charge is 2.15. The molecule has 0 aromatic carbocycles. The Bertz CT molecular complexity index is 642. The van der Waals surface area contributed by atoms with E-state index in [1.165, 1.54) is 0 Å².